The van der Waals surface area contributed by atoms with Gasteiger partial charge in [-0.1, -0.05) is 27.7 Å². The predicted octanol–water partition coefficient (Wildman–Crippen LogP) is -3.08. The fraction of sp³-hybridized carbons (Fsp3) is 0.731. The van der Waals surface area contributed by atoms with E-state index in [0.717, 1.165) is 0 Å². The zero-order valence-electron chi connectivity index (χ0n) is 24.7. The Labute approximate surface area is 244 Å². The molecule has 0 saturated carbocycles. The van der Waals surface area contributed by atoms with Crippen molar-refractivity contribution in [1.82, 2.24) is 26.2 Å². The number of aliphatic carboxylic acids is 1. The molecule has 1 fully saturated rings. The summed E-state index contributed by atoms with van der Waals surface area (Å²) in [7, 11) is 0. The molecule has 0 aliphatic carbocycles. The number of rotatable bonds is 16. The van der Waals surface area contributed by atoms with E-state index in [0.29, 0.717) is 19.3 Å². The number of hydrogen-bond acceptors (Lipinski definition) is 9. The molecule has 0 radical (unpaired) electrons. The van der Waals surface area contributed by atoms with Crippen LogP contribution in [0, 0.1) is 11.8 Å². The summed E-state index contributed by atoms with van der Waals surface area (Å²) >= 11 is 0. The second-order valence-corrected chi connectivity index (χ2v) is 11.2. The Bertz CT molecular complexity index is 1020. The van der Waals surface area contributed by atoms with Gasteiger partial charge in [-0.3, -0.25) is 28.8 Å². The molecule has 0 bridgehead atoms. The normalized spacial score (nSPS) is 18.4. The number of carboxylic acid groups (broad SMARTS) is 1. The minimum absolute atomic E-state index is 0.151. The Morgan fingerprint density at radius 1 is 0.929 bits per heavy atom. The molecule has 1 saturated heterocycles. The minimum Gasteiger partial charge on any atom is -0.480 e. The van der Waals surface area contributed by atoms with E-state index in [9.17, 15) is 43.8 Å². The van der Waals surface area contributed by atoms with E-state index >= 15 is 0 Å². The average molecular weight is 600 g/mol. The van der Waals surface area contributed by atoms with E-state index < -0.39 is 96.6 Å². The highest BCUT2D eigenvalue weighted by atomic mass is 16.4. The minimum atomic E-state index is -1.61. The first-order valence-corrected chi connectivity index (χ1v) is 13.9. The number of aliphatic hydroxyl groups is 1. The third-order valence-electron chi connectivity index (χ3n) is 6.65. The first-order chi connectivity index (χ1) is 19.5. The molecular formula is C26H45N7O9. The van der Waals surface area contributed by atoms with E-state index in [1.807, 2.05) is 13.8 Å². The van der Waals surface area contributed by atoms with Crippen molar-refractivity contribution in [3.05, 3.63) is 0 Å². The lowest BCUT2D eigenvalue weighted by molar-refractivity contribution is -0.143. The monoisotopic (exact) mass is 599 g/mol. The van der Waals surface area contributed by atoms with E-state index in [4.69, 9.17) is 11.5 Å². The van der Waals surface area contributed by atoms with Crippen molar-refractivity contribution in [2.75, 3.05) is 13.1 Å². The highest BCUT2D eigenvalue weighted by Gasteiger charge is 2.38. The Hall–Kier alpha value is -3.79. The molecular weight excluding hydrogens is 554 g/mol. The number of nitrogens with zero attached hydrogens (tertiary/aromatic N) is 1. The van der Waals surface area contributed by atoms with Crippen molar-refractivity contribution in [1.29, 1.82) is 0 Å². The molecule has 0 aromatic heterocycles. The fourth-order valence-electron chi connectivity index (χ4n) is 4.48. The van der Waals surface area contributed by atoms with Crippen molar-refractivity contribution in [3.63, 3.8) is 0 Å². The Morgan fingerprint density at radius 3 is 2.05 bits per heavy atom. The molecule has 0 unspecified atom stereocenters. The smallest absolute Gasteiger partial charge is 0.326 e. The molecule has 0 aromatic carbocycles. The van der Waals surface area contributed by atoms with Crippen LogP contribution in [0.5, 0.6) is 0 Å². The summed E-state index contributed by atoms with van der Waals surface area (Å²) in [5, 5.41) is 28.4. The third kappa shape index (κ3) is 11.2. The maximum Gasteiger partial charge on any atom is 0.326 e. The van der Waals surface area contributed by atoms with Gasteiger partial charge in [0, 0.05) is 6.54 Å². The zero-order valence-corrected chi connectivity index (χ0v) is 24.7. The quantitative estimate of drug-likeness (QED) is 0.0886. The number of nitrogens with two attached hydrogens (primary N) is 2. The first kappa shape index (κ1) is 36.2. The van der Waals surface area contributed by atoms with E-state index in [2.05, 4.69) is 21.3 Å². The fourth-order valence-corrected chi connectivity index (χ4v) is 4.48. The van der Waals surface area contributed by atoms with Crippen LogP contribution in [0.15, 0.2) is 0 Å². The van der Waals surface area contributed by atoms with Gasteiger partial charge >= 0.3 is 5.97 Å². The van der Waals surface area contributed by atoms with Crippen molar-refractivity contribution >= 4 is 41.4 Å². The molecule has 10 N–H and O–H groups in total. The van der Waals surface area contributed by atoms with Crippen LogP contribution < -0.4 is 32.7 Å². The van der Waals surface area contributed by atoms with Crippen LogP contribution >= 0.6 is 0 Å². The number of primary amides is 1. The summed E-state index contributed by atoms with van der Waals surface area (Å²) in [5.74, 6) is -6.43. The van der Waals surface area contributed by atoms with Gasteiger partial charge in [0.05, 0.1) is 25.1 Å². The van der Waals surface area contributed by atoms with Crippen LogP contribution in [-0.4, -0.2) is 106 Å². The molecule has 6 amide bonds. The second kappa shape index (κ2) is 16.6. The van der Waals surface area contributed by atoms with Gasteiger partial charge in [-0.05, 0) is 38.0 Å². The molecule has 1 heterocycles. The van der Waals surface area contributed by atoms with Crippen molar-refractivity contribution in [2.24, 2.45) is 23.3 Å². The van der Waals surface area contributed by atoms with Crippen molar-refractivity contribution < 1.29 is 43.8 Å². The molecule has 0 aromatic rings. The Kier molecular flexibility index (Phi) is 14.3. The number of amides is 6. The van der Waals surface area contributed by atoms with Gasteiger partial charge in [0.25, 0.3) is 0 Å². The SMILES string of the molecule is CC(C)C[C@H](N)C(=O)N1CCC[C@H]1C(=O)N[C@@H](CC(N)=O)C(=O)N[C@H](C(=O)NCC(=O)N[C@H](C(=O)O)C(C)C)[C@@H](C)O. The van der Waals surface area contributed by atoms with Crippen molar-refractivity contribution in [2.45, 2.75) is 96.6 Å². The number of hydrogen-bond donors (Lipinski definition) is 8. The van der Waals surface area contributed by atoms with Gasteiger partial charge in [-0.15, -0.1) is 0 Å². The van der Waals surface area contributed by atoms with Gasteiger partial charge in [0.1, 0.15) is 24.2 Å². The second-order valence-electron chi connectivity index (χ2n) is 11.2. The molecule has 6 atom stereocenters. The molecule has 16 nitrogen and oxygen atoms in total. The van der Waals surface area contributed by atoms with Crippen LogP contribution in [0.2, 0.25) is 0 Å². The van der Waals surface area contributed by atoms with Crippen LogP contribution in [0.3, 0.4) is 0 Å². The van der Waals surface area contributed by atoms with E-state index in [1.54, 1.807) is 13.8 Å². The summed E-state index contributed by atoms with van der Waals surface area (Å²) in [6.45, 7) is 7.81. The van der Waals surface area contributed by atoms with Crippen LogP contribution in [0.25, 0.3) is 0 Å². The van der Waals surface area contributed by atoms with Crippen LogP contribution in [0.1, 0.15) is 60.3 Å². The average Bonchev–Trinajstić information content (AvgIpc) is 3.36. The van der Waals surface area contributed by atoms with Gasteiger partial charge < -0.3 is 47.8 Å². The Balaban J connectivity index is 2.93. The summed E-state index contributed by atoms with van der Waals surface area (Å²) in [4.78, 5) is 88.2. The molecule has 0 spiro atoms. The van der Waals surface area contributed by atoms with Gasteiger partial charge in [0.2, 0.25) is 35.4 Å². The molecule has 42 heavy (non-hydrogen) atoms. The molecule has 1 aliphatic rings. The number of likely N-dealkylation sites (tertiary alicyclic amines) is 1. The van der Waals surface area contributed by atoms with E-state index in [-0.39, 0.29) is 12.5 Å². The van der Waals surface area contributed by atoms with Gasteiger partial charge in [-0.25, -0.2) is 4.79 Å². The molecule has 1 aliphatic heterocycles. The number of nitrogens with one attached hydrogen (secondary N) is 4. The standard InChI is InChI=1S/C26H45N7O9/c1-12(2)9-15(27)25(40)33-8-6-7-17(33)23(38)30-16(10-18(28)35)22(37)32-21(14(5)34)24(39)29-11-19(36)31-20(13(3)4)26(41)42/h12-17,20-21,34H,6-11,27H2,1-5H3,(H2,28,35)(H,29,39)(H,30,38)(H,31,36)(H,32,37)(H,41,42)/t14-,15+,16+,17+,20+,21+/m1/s1. The van der Waals surface area contributed by atoms with E-state index in [1.165, 1.54) is 11.8 Å². The number of carbonyl (C=O) groups excluding carboxylic acids is 6. The summed E-state index contributed by atoms with van der Waals surface area (Å²) < 4.78 is 0. The van der Waals surface area contributed by atoms with Gasteiger partial charge in [-0.2, -0.15) is 0 Å². The highest BCUT2D eigenvalue weighted by Crippen LogP contribution is 2.20. The largest absolute Gasteiger partial charge is 0.480 e. The summed E-state index contributed by atoms with van der Waals surface area (Å²) in [5.41, 5.74) is 11.3. The lowest BCUT2D eigenvalue weighted by Gasteiger charge is -2.29. The van der Waals surface area contributed by atoms with Gasteiger partial charge in [0.15, 0.2) is 0 Å². The number of aliphatic hydroxyl groups excluding tert-OH is 1. The summed E-state index contributed by atoms with van der Waals surface area (Å²) in [6.07, 6.45) is -0.883. The number of carbonyl (C=O) groups is 7. The predicted molar refractivity (Wildman–Crippen MR) is 149 cm³/mol. The molecule has 1 rings (SSSR count). The maximum atomic E-state index is 13.1. The number of carboxylic acids is 1. The lowest BCUT2D eigenvalue weighted by Crippen LogP contribution is -2.60. The summed E-state index contributed by atoms with van der Waals surface area (Å²) in [6, 6.07) is -6.10. The molecule has 238 valence electrons. The van der Waals surface area contributed by atoms with Crippen LogP contribution in [-0.2, 0) is 33.6 Å². The first-order valence-electron chi connectivity index (χ1n) is 13.9. The third-order valence-corrected chi connectivity index (χ3v) is 6.65. The molecule has 16 heteroatoms. The highest BCUT2D eigenvalue weighted by molar-refractivity contribution is 5.97. The zero-order chi connectivity index (χ0) is 32.3. The van der Waals surface area contributed by atoms with Crippen LogP contribution in [0.4, 0.5) is 0 Å². The lowest BCUT2D eigenvalue weighted by atomic mass is 10.0. The maximum absolute atomic E-state index is 13.1. The topological polar surface area (TPSA) is 263 Å². The van der Waals surface area contributed by atoms with Crippen molar-refractivity contribution in [3.8, 4) is 0 Å². The Morgan fingerprint density at radius 2 is 1.55 bits per heavy atom.